The van der Waals surface area contributed by atoms with Crippen LogP contribution < -0.4 is 0 Å². The van der Waals surface area contributed by atoms with Gasteiger partial charge in [0.15, 0.2) is 0 Å². The molecule has 0 aliphatic carbocycles. The number of carbonyl (C=O) groups is 1. The average Bonchev–Trinajstić information content (AvgIpc) is 2.99. The Bertz CT molecular complexity index is 1190. The van der Waals surface area contributed by atoms with Crippen molar-refractivity contribution in [3.8, 4) is 0 Å². The molecule has 0 radical (unpaired) electrons. The summed E-state index contributed by atoms with van der Waals surface area (Å²) in [4.78, 5) is 13.3. The molecule has 0 aliphatic heterocycles. The number of rotatable bonds is 4. The number of hydrogen-bond acceptors (Lipinski definition) is 3. The van der Waals surface area contributed by atoms with Crippen LogP contribution in [0, 0.1) is 13.8 Å². The van der Waals surface area contributed by atoms with Crippen LogP contribution in [0.15, 0.2) is 83.0 Å². The minimum atomic E-state index is -0.0604. The van der Waals surface area contributed by atoms with Crippen molar-refractivity contribution < 1.29 is 4.79 Å². The Balaban J connectivity index is 1.90. The first-order valence-electron chi connectivity index (χ1n) is 9.22. The van der Waals surface area contributed by atoms with Crippen molar-refractivity contribution in [2.75, 3.05) is 0 Å². The lowest BCUT2D eigenvalue weighted by Crippen LogP contribution is -2.07. The molecule has 4 aromatic rings. The normalized spacial score (nSPS) is 11.4. The number of aryl methyl sites for hydroxylation is 3. The Labute approximate surface area is 164 Å². The van der Waals surface area contributed by atoms with Crippen molar-refractivity contribution >= 4 is 28.1 Å². The van der Waals surface area contributed by atoms with E-state index in [1.54, 1.807) is 0 Å². The van der Waals surface area contributed by atoms with Gasteiger partial charge >= 0.3 is 0 Å². The van der Waals surface area contributed by atoms with Crippen molar-refractivity contribution in [1.82, 2.24) is 4.57 Å². The van der Waals surface area contributed by atoms with E-state index in [1.165, 1.54) is 5.56 Å². The second-order valence-corrected chi connectivity index (χ2v) is 7.01. The van der Waals surface area contributed by atoms with E-state index in [1.807, 2.05) is 92.2 Å². The van der Waals surface area contributed by atoms with E-state index in [0.717, 1.165) is 22.2 Å². The highest BCUT2D eigenvalue weighted by molar-refractivity contribution is 6.16. The first-order chi connectivity index (χ1) is 13.5. The van der Waals surface area contributed by atoms with Gasteiger partial charge in [0.2, 0.25) is 5.78 Å². The number of aromatic nitrogens is 1. The van der Waals surface area contributed by atoms with E-state index >= 15 is 0 Å². The second-order valence-electron chi connectivity index (χ2n) is 7.01. The summed E-state index contributed by atoms with van der Waals surface area (Å²) in [6, 6.07) is 23.2. The number of azo groups is 1. The van der Waals surface area contributed by atoms with Crippen LogP contribution in [0.3, 0.4) is 0 Å². The SMILES string of the molecule is Cc1ccc(/N=N/c2c(C(=O)c3ccccc3)n(C)c3cc(C)ccc23)cc1. The average molecular weight is 367 g/mol. The van der Waals surface area contributed by atoms with Crippen molar-refractivity contribution in [3.63, 3.8) is 0 Å². The smallest absolute Gasteiger partial charge is 0.211 e. The summed E-state index contributed by atoms with van der Waals surface area (Å²) in [5.74, 6) is -0.0604. The third-order valence-electron chi connectivity index (χ3n) is 4.88. The lowest BCUT2D eigenvalue weighted by Gasteiger charge is -2.05. The van der Waals surface area contributed by atoms with Crippen LogP contribution >= 0.6 is 0 Å². The van der Waals surface area contributed by atoms with Gasteiger partial charge in [0.05, 0.1) is 11.2 Å². The highest BCUT2D eigenvalue weighted by atomic mass is 16.1. The van der Waals surface area contributed by atoms with Crippen LogP contribution in [-0.2, 0) is 7.05 Å². The molecule has 0 amide bonds. The fourth-order valence-corrected chi connectivity index (χ4v) is 3.33. The molecular formula is C24H21N3O. The van der Waals surface area contributed by atoms with Gasteiger partial charge in [-0.2, -0.15) is 5.11 Å². The molecule has 0 aliphatic rings. The van der Waals surface area contributed by atoms with Crippen molar-refractivity contribution in [2.45, 2.75) is 13.8 Å². The predicted molar refractivity (Wildman–Crippen MR) is 113 cm³/mol. The monoisotopic (exact) mass is 367 g/mol. The number of carbonyl (C=O) groups excluding carboxylic acids is 1. The van der Waals surface area contributed by atoms with Crippen molar-refractivity contribution in [3.05, 3.63) is 95.2 Å². The Morgan fingerprint density at radius 1 is 0.821 bits per heavy atom. The van der Waals surface area contributed by atoms with E-state index in [-0.39, 0.29) is 5.78 Å². The first-order valence-corrected chi connectivity index (χ1v) is 9.22. The van der Waals surface area contributed by atoms with E-state index in [4.69, 9.17) is 0 Å². The number of hydrogen-bond donors (Lipinski definition) is 0. The van der Waals surface area contributed by atoms with Crippen LogP contribution in [0.1, 0.15) is 27.2 Å². The Morgan fingerprint density at radius 2 is 1.50 bits per heavy atom. The second kappa shape index (κ2) is 7.24. The molecule has 138 valence electrons. The molecule has 1 heterocycles. The summed E-state index contributed by atoms with van der Waals surface area (Å²) >= 11 is 0. The molecule has 28 heavy (non-hydrogen) atoms. The lowest BCUT2D eigenvalue weighted by molar-refractivity contribution is 0.103. The van der Waals surface area contributed by atoms with E-state index < -0.39 is 0 Å². The minimum absolute atomic E-state index is 0.0604. The standard InChI is InChI=1S/C24H21N3O/c1-16-9-12-19(13-10-16)25-26-22-20-14-11-17(2)15-21(20)27(3)23(22)24(28)18-7-5-4-6-8-18/h4-15H,1-3H3/b26-25+. The molecule has 0 N–H and O–H groups in total. The molecule has 0 saturated carbocycles. The highest BCUT2D eigenvalue weighted by Crippen LogP contribution is 2.36. The predicted octanol–water partition coefficient (Wildman–Crippen LogP) is 6.44. The van der Waals surface area contributed by atoms with Crippen molar-refractivity contribution in [2.24, 2.45) is 17.3 Å². The van der Waals surface area contributed by atoms with Gasteiger partial charge in [-0.3, -0.25) is 4.79 Å². The molecule has 0 atom stereocenters. The third kappa shape index (κ3) is 3.25. The van der Waals surface area contributed by atoms with Gasteiger partial charge in [0.25, 0.3) is 0 Å². The molecule has 0 saturated heterocycles. The maximum absolute atomic E-state index is 13.3. The van der Waals surface area contributed by atoms with Gasteiger partial charge in [-0.25, -0.2) is 0 Å². The lowest BCUT2D eigenvalue weighted by atomic mass is 10.1. The van der Waals surface area contributed by atoms with Gasteiger partial charge in [0.1, 0.15) is 11.4 Å². The van der Waals surface area contributed by atoms with Gasteiger partial charge in [-0.1, -0.05) is 60.2 Å². The molecule has 0 spiro atoms. The number of nitrogens with zero attached hydrogens (tertiary/aromatic N) is 3. The maximum Gasteiger partial charge on any atom is 0.211 e. The van der Waals surface area contributed by atoms with E-state index in [9.17, 15) is 4.79 Å². The highest BCUT2D eigenvalue weighted by Gasteiger charge is 2.22. The number of benzene rings is 3. The summed E-state index contributed by atoms with van der Waals surface area (Å²) < 4.78 is 1.92. The largest absolute Gasteiger partial charge is 0.339 e. The van der Waals surface area contributed by atoms with Gasteiger partial charge in [-0.05, 0) is 37.6 Å². The fourth-order valence-electron chi connectivity index (χ4n) is 3.33. The maximum atomic E-state index is 13.3. The Kier molecular flexibility index (Phi) is 4.62. The van der Waals surface area contributed by atoms with E-state index in [0.29, 0.717) is 16.9 Å². The van der Waals surface area contributed by atoms with Crippen LogP contribution in [0.5, 0.6) is 0 Å². The zero-order valence-electron chi connectivity index (χ0n) is 16.2. The molecular weight excluding hydrogens is 346 g/mol. The quantitative estimate of drug-likeness (QED) is 0.302. The minimum Gasteiger partial charge on any atom is -0.339 e. The third-order valence-corrected chi connectivity index (χ3v) is 4.88. The van der Waals surface area contributed by atoms with Gasteiger partial charge < -0.3 is 4.57 Å². The Morgan fingerprint density at radius 3 is 2.21 bits per heavy atom. The molecule has 1 aromatic heterocycles. The molecule has 4 heteroatoms. The zero-order chi connectivity index (χ0) is 19.7. The van der Waals surface area contributed by atoms with Crippen molar-refractivity contribution in [1.29, 1.82) is 0 Å². The van der Waals surface area contributed by atoms with Gasteiger partial charge in [-0.15, -0.1) is 5.11 Å². The number of ketones is 1. The summed E-state index contributed by atoms with van der Waals surface area (Å²) in [6.45, 7) is 4.07. The molecule has 0 unspecified atom stereocenters. The first kappa shape index (κ1) is 17.9. The molecule has 4 rings (SSSR count). The van der Waals surface area contributed by atoms with Crippen LogP contribution in [0.2, 0.25) is 0 Å². The van der Waals surface area contributed by atoms with Crippen LogP contribution in [0.25, 0.3) is 10.9 Å². The van der Waals surface area contributed by atoms with Crippen LogP contribution in [0.4, 0.5) is 11.4 Å². The summed E-state index contributed by atoms with van der Waals surface area (Å²) in [5.41, 5.74) is 5.81. The summed E-state index contributed by atoms with van der Waals surface area (Å²) in [7, 11) is 1.91. The fraction of sp³-hybridized carbons (Fsp3) is 0.125. The summed E-state index contributed by atoms with van der Waals surface area (Å²) in [6.07, 6.45) is 0. The van der Waals surface area contributed by atoms with E-state index in [2.05, 4.69) is 16.3 Å². The molecule has 0 bridgehead atoms. The Hall–Kier alpha value is -3.53. The van der Waals surface area contributed by atoms with Crippen LogP contribution in [-0.4, -0.2) is 10.4 Å². The zero-order valence-corrected chi connectivity index (χ0v) is 16.2. The number of fused-ring (bicyclic) bond motifs is 1. The molecule has 3 aromatic carbocycles. The topological polar surface area (TPSA) is 46.7 Å². The summed E-state index contributed by atoms with van der Waals surface area (Å²) in [5, 5.41) is 9.83. The van der Waals surface area contributed by atoms with Gasteiger partial charge in [0, 0.05) is 18.0 Å². The molecule has 4 nitrogen and oxygen atoms in total. The molecule has 0 fully saturated rings.